The second-order valence-corrected chi connectivity index (χ2v) is 5.45. The normalized spacial score (nSPS) is 17.6. The van der Waals surface area contributed by atoms with E-state index < -0.39 is 12.0 Å². The first-order chi connectivity index (χ1) is 11.6. The van der Waals surface area contributed by atoms with Gasteiger partial charge in [-0.2, -0.15) is 0 Å². The van der Waals surface area contributed by atoms with Crippen LogP contribution in [0, 0.1) is 0 Å². The van der Waals surface area contributed by atoms with Crippen LogP contribution in [0.4, 0.5) is 4.79 Å². The number of hydrogen-bond acceptors (Lipinski definition) is 3. The molecule has 0 bridgehead atoms. The van der Waals surface area contributed by atoms with Crippen molar-refractivity contribution in [2.24, 2.45) is 0 Å². The van der Waals surface area contributed by atoms with E-state index in [-0.39, 0.29) is 11.6 Å². The molecule has 0 saturated carbocycles. The minimum atomic E-state index is -1.29. The molecule has 5 nitrogen and oxygen atoms in total. The quantitative estimate of drug-likeness (QED) is 0.935. The highest BCUT2D eigenvalue weighted by Crippen LogP contribution is 2.35. The van der Waals surface area contributed by atoms with Crippen LogP contribution in [-0.4, -0.2) is 23.4 Å². The Labute approximate surface area is 140 Å². The van der Waals surface area contributed by atoms with Crippen LogP contribution in [0.5, 0.6) is 0 Å². The molecule has 0 spiro atoms. The van der Waals surface area contributed by atoms with E-state index in [9.17, 15) is 14.7 Å². The summed E-state index contributed by atoms with van der Waals surface area (Å²) in [5.74, 6) is -1.29. The highest BCUT2D eigenvalue weighted by atomic mass is 16.4. The van der Waals surface area contributed by atoms with Crippen molar-refractivity contribution in [2.75, 3.05) is 6.54 Å². The van der Waals surface area contributed by atoms with Crippen molar-refractivity contribution in [2.45, 2.75) is 13.0 Å². The van der Waals surface area contributed by atoms with Gasteiger partial charge in [0.05, 0.1) is 17.7 Å². The molecule has 0 saturated heterocycles. The van der Waals surface area contributed by atoms with Crippen molar-refractivity contribution < 1.29 is 14.7 Å². The number of carboxylic acid groups (broad SMARTS) is 1. The number of nitrogens with zero attached hydrogens (tertiary/aromatic N) is 1. The van der Waals surface area contributed by atoms with Gasteiger partial charge in [-0.3, -0.25) is 4.90 Å². The second-order valence-electron chi connectivity index (χ2n) is 5.45. The average Bonchev–Trinajstić information content (AvgIpc) is 2.62. The zero-order chi connectivity index (χ0) is 17.1. The third-order valence-corrected chi connectivity index (χ3v) is 4.04. The van der Waals surface area contributed by atoms with Gasteiger partial charge in [-0.05, 0) is 18.1 Å². The predicted octanol–water partition coefficient (Wildman–Crippen LogP) is 1.93. The Morgan fingerprint density at radius 2 is 1.67 bits per heavy atom. The molecule has 0 aromatic heterocycles. The van der Waals surface area contributed by atoms with Crippen molar-refractivity contribution in [3.8, 4) is 0 Å². The molecule has 2 aromatic rings. The molecule has 2 aromatic carbocycles. The minimum Gasteiger partial charge on any atom is -0.545 e. The third kappa shape index (κ3) is 2.76. The predicted molar refractivity (Wildman–Crippen MR) is 88.5 cm³/mol. The molecule has 0 radical (unpaired) electrons. The van der Waals surface area contributed by atoms with Crippen LogP contribution in [-0.2, 0) is 4.79 Å². The lowest BCUT2D eigenvalue weighted by Crippen LogP contribution is -2.49. The van der Waals surface area contributed by atoms with Crippen molar-refractivity contribution in [3.63, 3.8) is 0 Å². The summed E-state index contributed by atoms with van der Waals surface area (Å²) in [6, 6.07) is 17.0. The molecule has 3 rings (SSSR count). The number of rotatable bonds is 4. The lowest BCUT2D eigenvalue weighted by Gasteiger charge is -2.37. The topological polar surface area (TPSA) is 72.5 Å². The summed E-state index contributed by atoms with van der Waals surface area (Å²) in [5.41, 5.74) is 1.83. The summed E-state index contributed by atoms with van der Waals surface area (Å²) < 4.78 is 0. The maximum atomic E-state index is 12.5. The van der Waals surface area contributed by atoms with Crippen LogP contribution in [0.2, 0.25) is 0 Å². The van der Waals surface area contributed by atoms with Crippen molar-refractivity contribution in [3.05, 3.63) is 77.4 Å². The summed E-state index contributed by atoms with van der Waals surface area (Å²) in [4.78, 5) is 25.9. The first kappa shape index (κ1) is 15.8. The third-order valence-electron chi connectivity index (χ3n) is 4.04. The number of urea groups is 1. The number of carbonyl (C=O) groups excluding carboxylic acids is 2. The SMILES string of the molecule is CCN1C(=O)NC(c2ccccc2)C(C(=O)[O-])=C1c1ccccc1. The van der Waals surface area contributed by atoms with E-state index >= 15 is 0 Å². The Bertz CT molecular complexity index is 785. The molecule has 1 N–H and O–H groups in total. The van der Waals surface area contributed by atoms with Crippen LogP contribution in [0.1, 0.15) is 24.1 Å². The van der Waals surface area contributed by atoms with Gasteiger partial charge in [0.1, 0.15) is 0 Å². The van der Waals surface area contributed by atoms with Crippen LogP contribution >= 0.6 is 0 Å². The summed E-state index contributed by atoms with van der Waals surface area (Å²) in [7, 11) is 0. The fourth-order valence-corrected chi connectivity index (χ4v) is 2.98. The van der Waals surface area contributed by atoms with Gasteiger partial charge in [0.15, 0.2) is 0 Å². The lowest BCUT2D eigenvalue weighted by molar-refractivity contribution is -0.299. The number of carboxylic acids is 1. The molecule has 1 aliphatic heterocycles. The van der Waals surface area contributed by atoms with Gasteiger partial charge < -0.3 is 15.2 Å². The van der Waals surface area contributed by atoms with E-state index in [0.29, 0.717) is 23.4 Å². The Balaban J connectivity index is 2.25. The fourth-order valence-electron chi connectivity index (χ4n) is 2.98. The Morgan fingerprint density at radius 3 is 2.21 bits per heavy atom. The molecular weight excluding hydrogens is 304 g/mol. The number of nitrogens with one attached hydrogen (secondary N) is 1. The smallest absolute Gasteiger partial charge is 0.322 e. The summed E-state index contributed by atoms with van der Waals surface area (Å²) in [6.45, 7) is 2.16. The van der Waals surface area contributed by atoms with E-state index in [1.54, 1.807) is 31.2 Å². The molecule has 1 heterocycles. The number of hydrogen-bond donors (Lipinski definition) is 1. The molecule has 1 unspecified atom stereocenters. The largest absolute Gasteiger partial charge is 0.545 e. The molecular formula is C19H17N2O3-. The van der Waals surface area contributed by atoms with Crippen LogP contribution in [0.3, 0.4) is 0 Å². The van der Waals surface area contributed by atoms with E-state index in [2.05, 4.69) is 5.32 Å². The Morgan fingerprint density at radius 1 is 1.08 bits per heavy atom. The second kappa shape index (κ2) is 6.58. The Kier molecular flexibility index (Phi) is 4.33. The van der Waals surface area contributed by atoms with E-state index in [4.69, 9.17) is 0 Å². The van der Waals surface area contributed by atoms with Crippen molar-refractivity contribution in [1.29, 1.82) is 0 Å². The van der Waals surface area contributed by atoms with Crippen LogP contribution in [0.15, 0.2) is 66.2 Å². The van der Waals surface area contributed by atoms with Crippen molar-refractivity contribution in [1.82, 2.24) is 10.2 Å². The number of amides is 2. The number of aliphatic carboxylic acids is 1. The molecule has 0 aliphatic carbocycles. The zero-order valence-electron chi connectivity index (χ0n) is 13.2. The van der Waals surface area contributed by atoms with Gasteiger partial charge in [-0.1, -0.05) is 60.7 Å². The highest BCUT2D eigenvalue weighted by Gasteiger charge is 2.34. The maximum Gasteiger partial charge on any atom is 0.322 e. The zero-order valence-corrected chi connectivity index (χ0v) is 13.2. The molecule has 122 valence electrons. The molecule has 24 heavy (non-hydrogen) atoms. The molecule has 5 heteroatoms. The minimum absolute atomic E-state index is 0.0638. The summed E-state index contributed by atoms with van der Waals surface area (Å²) in [5, 5.41) is 14.7. The Hall–Kier alpha value is -3.08. The van der Waals surface area contributed by atoms with Gasteiger partial charge in [-0.25, -0.2) is 4.79 Å². The van der Waals surface area contributed by atoms with Gasteiger partial charge in [0.25, 0.3) is 0 Å². The van der Waals surface area contributed by atoms with Crippen molar-refractivity contribution >= 4 is 17.7 Å². The molecule has 1 aliphatic rings. The first-order valence-electron chi connectivity index (χ1n) is 7.77. The van der Waals surface area contributed by atoms with Gasteiger partial charge in [0, 0.05) is 12.1 Å². The summed E-state index contributed by atoms with van der Waals surface area (Å²) in [6.07, 6.45) is 0. The summed E-state index contributed by atoms with van der Waals surface area (Å²) >= 11 is 0. The molecule has 2 amide bonds. The first-order valence-corrected chi connectivity index (χ1v) is 7.77. The van der Waals surface area contributed by atoms with Gasteiger partial charge >= 0.3 is 6.03 Å². The number of carbonyl (C=O) groups is 2. The monoisotopic (exact) mass is 321 g/mol. The molecule has 1 atom stereocenters. The standard InChI is InChI=1S/C19H18N2O3/c1-2-21-17(14-11-7-4-8-12-14)15(18(22)23)16(20-19(21)24)13-9-5-3-6-10-13/h3-12,16H,2H2,1H3,(H,20,24)(H,22,23)/p-1. The van der Waals surface area contributed by atoms with Gasteiger partial charge in [-0.15, -0.1) is 0 Å². The van der Waals surface area contributed by atoms with E-state index in [0.717, 1.165) is 0 Å². The average molecular weight is 321 g/mol. The highest BCUT2D eigenvalue weighted by molar-refractivity contribution is 6.03. The molecule has 0 fully saturated rings. The van der Waals surface area contributed by atoms with Gasteiger partial charge in [0.2, 0.25) is 0 Å². The van der Waals surface area contributed by atoms with E-state index in [1.807, 2.05) is 36.4 Å². The van der Waals surface area contributed by atoms with E-state index in [1.165, 1.54) is 4.90 Å². The lowest BCUT2D eigenvalue weighted by atomic mass is 9.92. The maximum absolute atomic E-state index is 12.5. The fraction of sp³-hybridized carbons (Fsp3) is 0.158. The van der Waals surface area contributed by atoms with Crippen LogP contribution in [0.25, 0.3) is 5.70 Å². The van der Waals surface area contributed by atoms with Crippen LogP contribution < -0.4 is 10.4 Å². The number of benzene rings is 2.